The molecule has 4 rings (SSSR count). The number of aromatic nitrogens is 1. The Balaban J connectivity index is 1.37. The number of hydrogen-bond donors (Lipinski definition) is 1. The number of nitrogens with zero attached hydrogens (tertiary/aromatic N) is 3. The van der Waals surface area contributed by atoms with Crippen LogP contribution in [-0.4, -0.2) is 66.0 Å². The molecule has 2 aromatic rings. The molecule has 0 spiro atoms. The second-order valence-electron chi connectivity index (χ2n) is 6.76. The predicted octanol–water partition coefficient (Wildman–Crippen LogP) is 1.85. The molecule has 5 nitrogen and oxygen atoms in total. The SMILES string of the molecule is O=C(c1cnc(Cc2ccccc2)s1)N1CCC(N2CCNCC2)C1. The summed E-state index contributed by atoms with van der Waals surface area (Å²) < 4.78 is 0. The molecule has 0 saturated carbocycles. The third-order valence-electron chi connectivity index (χ3n) is 5.08. The van der Waals surface area contributed by atoms with E-state index in [1.54, 1.807) is 6.20 Å². The summed E-state index contributed by atoms with van der Waals surface area (Å²) >= 11 is 1.53. The molecule has 0 radical (unpaired) electrons. The van der Waals surface area contributed by atoms with Gasteiger partial charge in [-0.1, -0.05) is 30.3 Å². The van der Waals surface area contributed by atoms with Gasteiger partial charge in [-0.05, 0) is 12.0 Å². The number of carbonyl (C=O) groups excluding carboxylic acids is 1. The van der Waals surface area contributed by atoms with Crippen molar-refractivity contribution in [2.45, 2.75) is 18.9 Å². The van der Waals surface area contributed by atoms with Crippen LogP contribution in [0.4, 0.5) is 0 Å². The molecule has 1 atom stereocenters. The Morgan fingerprint density at radius 3 is 2.80 bits per heavy atom. The van der Waals surface area contributed by atoms with E-state index in [0.29, 0.717) is 6.04 Å². The minimum atomic E-state index is 0.148. The first-order valence-electron chi connectivity index (χ1n) is 9.02. The first-order valence-corrected chi connectivity index (χ1v) is 9.84. The highest BCUT2D eigenvalue weighted by molar-refractivity contribution is 7.13. The largest absolute Gasteiger partial charge is 0.336 e. The van der Waals surface area contributed by atoms with Gasteiger partial charge in [0.05, 0.1) is 11.2 Å². The van der Waals surface area contributed by atoms with Gasteiger partial charge in [0.1, 0.15) is 4.88 Å². The van der Waals surface area contributed by atoms with E-state index in [1.807, 2.05) is 23.1 Å². The van der Waals surface area contributed by atoms with Gasteiger partial charge < -0.3 is 10.2 Å². The molecule has 2 saturated heterocycles. The summed E-state index contributed by atoms with van der Waals surface area (Å²) in [6, 6.07) is 10.8. The summed E-state index contributed by atoms with van der Waals surface area (Å²) in [7, 11) is 0. The number of thiazole rings is 1. The van der Waals surface area contributed by atoms with Crippen molar-refractivity contribution >= 4 is 17.2 Å². The fraction of sp³-hybridized carbons (Fsp3) is 0.474. The van der Waals surface area contributed by atoms with Crippen molar-refractivity contribution in [1.29, 1.82) is 0 Å². The minimum Gasteiger partial charge on any atom is -0.336 e. The Morgan fingerprint density at radius 1 is 1.20 bits per heavy atom. The smallest absolute Gasteiger partial charge is 0.265 e. The number of rotatable bonds is 4. The second kappa shape index (κ2) is 7.64. The molecule has 2 aliphatic heterocycles. The number of hydrogen-bond acceptors (Lipinski definition) is 5. The van der Waals surface area contributed by atoms with Crippen LogP contribution in [0, 0.1) is 0 Å². The van der Waals surface area contributed by atoms with E-state index >= 15 is 0 Å². The second-order valence-corrected chi connectivity index (χ2v) is 7.88. The Labute approximate surface area is 152 Å². The van der Waals surface area contributed by atoms with E-state index in [2.05, 4.69) is 27.3 Å². The number of amides is 1. The Bertz CT molecular complexity index is 711. The van der Waals surface area contributed by atoms with E-state index in [4.69, 9.17) is 0 Å². The van der Waals surface area contributed by atoms with Crippen LogP contribution in [0.5, 0.6) is 0 Å². The zero-order valence-electron chi connectivity index (χ0n) is 14.4. The van der Waals surface area contributed by atoms with Crippen molar-refractivity contribution in [3.8, 4) is 0 Å². The van der Waals surface area contributed by atoms with E-state index in [9.17, 15) is 4.79 Å². The normalized spacial score (nSPS) is 21.6. The average molecular weight is 356 g/mol. The van der Waals surface area contributed by atoms with Crippen molar-refractivity contribution in [3.63, 3.8) is 0 Å². The zero-order chi connectivity index (χ0) is 17.1. The average Bonchev–Trinajstić information content (AvgIpc) is 3.33. The van der Waals surface area contributed by atoms with Gasteiger partial charge in [0.2, 0.25) is 0 Å². The predicted molar refractivity (Wildman–Crippen MR) is 100 cm³/mol. The summed E-state index contributed by atoms with van der Waals surface area (Å²) in [5, 5.41) is 4.40. The Morgan fingerprint density at radius 2 is 2.00 bits per heavy atom. The summed E-state index contributed by atoms with van der Waals surface area (Å²) in [6.07, 6.45) is 3.63. The van der Waals surface area contributed by atoms with E-state index in [0.717, 1.165) is 62.0 Å². The standard InChI is InChI=1S/C19H24N4OS/c24-19(23-9-6-16(14-23)22-10-7-20-8-11-22)17-13-21-18(25-17)12-15-4-2-1-3-5-15/h1-5,13,16,20H,6-12,14H2. The summed E-state index contributed by atoms with van der Waals surface area (Å²) in [5.41, 5.74) is 1.23. The molecule has 2 fully saturated rings. The number of piperazine rings is 1. The molecular weight excluding hydrogens is 332 g/mol. The van der Waals surface area contributed by atoms with Gasteiger partial charge in [-0.2, -0.15) is 0 Å². The van der Waals surface area contributed by atoms with Gasteiger partial charge in [-0.15, -0.1) is 11.3 Å². The monoisotopic (exact) mass is 356 g/mol. The van der Waals surface area contributed by atoms with Crippen molar-refractivity contribution in [2.75, 3.05) is 39.3 Å². The lowest BCUT2D eigenvalue weighted by atomic mass is 10.2. The van der Waals surface area contributed by atoms with Crippen LogP contribution in [-0.2, 0) is 6.42 Å². The van der Waals surface area contributed by atoms with Crippen LogP contribution in [0.3, 0.4) is 0 Å². The van der Waals surface area contributed by atoms with Gasteiger partial charge in [-0.3, -0.25) is 9.69 Å². The summed E-state index contributed by atoms with van der Waals surface area (Å²) in [6.45, 7) is 6.01. The lowest BCUT2D eigenvalue weighted by Gasteiger charge is -2.32. The molecule has 0 aliphatic carbocycles. The van der Waals surface area contributed by atoms with Crippen LogP contribution in [0.15, 0.2) is 36.5 Å². The molecule has 6 heteroatoms. The maximum absolute atomic E-state index is 12.8. The van der Waals surface area contributed by atoms with Crippen LogP contribution in [0.1, 0.15) is 26.7 Å². The fourth-order valence-corrected chi connectivity index (χ4v) is 4.61. The van der Waals surface area contributed by atoms with Gasteiger partial charge in [-0.25, -0.2) is 4.98 Å². The zero-order valence-corrected chi connectivity index (χ0v) is 15.2. The molecule has 1 amide bonds. The third kappa shape index (κ3) is 3.92. The maximum atomic E-state index is 12.8. The van der Waals surface area contributed by atoms with Crippen molar-refractivity contribution < 1.29 is 4.79 Å². The quantitative estimate of drug-likeness (QED) is 0.908. The third-order valence-corrected chi connectivity index (χ3v) is 6.07. The molecule has 1 aromatic carbocycles. The van der Waals surface area contributed by atoms with Crippen LogP contribution in [0.2, 0.25) is 0 Å². The minimum absolute atomic E-state index is 0.148. The highest BCUT2D eigenvalue weighted by Gasteiger charge is 2.31. The van der Waals surface area contributed by atoms with Crippen LogP contribution < -0.4 is 5.32 Å². The van der Waals surface area contributed by atoms with E-state index in [-0.39, 0.29) is 5.91 Å². The molecule has 0 bridgehead atoms. The van der Waals surface area contributed by atoms with Crippen LogP contribution in [0.25, 0.3) is 0 Å². The summed E-state index contributed by atoms with van der Waals surface area (Å²) in [5.74, 6) is 0.148. The number of nitrogens with one attached hydrogen (secondary N) is 1. The summed E-state index contributed by atoms with van der Waals surface area (Å²) in [4.78, 5) is 22.6. The first-order chi connectivity index (χ1) is 12.3. The maximum Gasteiger partial charge on any atom is 0.265 e. The van der Waals surface area contributed by atoms with Crippen LogP contribution >= 0.6 is 11.3 Å². The van der Waals surface area contributed by atoms with Crippen molar-refractivity contribution in [2.24, 2.45) is 0 Å². The highest BCUT2D eigenvalue weighted by Crippen LogP contribution is 2.22. The molecule has 3 heterocycles. The molecule has 1 unspecified atom stereocenters. The Hall–Kier alpha value is -1.76. The molecule has 25 heavy (non-hydrogen) atoms. The lowest BCUT2D eigenvalue weighted by Crippen LogP contribution is -2.49. The highest BCUT2D eigenvalue weighted by atomic mass is 32.1. The lowest BCUT2D eigenvalue weighted by molar-refractivity contribution is 0.0778. The van der Waals surface area contributed by atoms with Crippen molar-refractivity contribution in [3.05, 3.63) is 52.0 Å². The number of carbonyl (C=O) groups is 1. The van der Waals surface area contributed by atoms with Gasteiger partial charge in [0.15, 0.2) is 0 Å². The van der Waals surface area contributed by atoms with E-state index in [1.165, 1.54) is 16.9 Å². The van der Waals surface area contributed by atoms with Crippen molar-refractivity contribution in [1.82, 2.24) is 20.1 Å². The molecule has 1 aromatic heterocycles. The first kappa shape index (κ1) is 16.7. The molecule has 132 valence electrons. The van der Waals surface area contributed by atoms with E-state index < -0.39 is 0 Å². The topological polar surface area (TPSA) is 48.5 Å². The van der Waals surface area contributed by atoms with Gasteiger partial charge >= 0.3 is 0 Å². The number of benzene rings is 1. The van der Waals surface area contributed by atoms with Gasteiger partial charge in [0.25, 0.3) is 5.91 Å². The number of likely N-dealkylation sites (tertiary alicyclic amines) is 1. The molecule has 2 aliphatic rings. The fourth-order valence-electron chi connectivity index (χ4n) is 3.69. The molecule has 1 N–H and O–H groups in total. The Kier molecular flexibility index (Phi) is 5.10. The molecular formula is C19H24N4OS. The van der Waals surface area contributed by atoms with Gasteiger partial charge in [0, 0.05) is 51.7 Å².